The molecule has 0 saturated heterocycles. The van der Waals surface area contributed by atoms with Gasteiger partial charge in [0, 0.05) is 19.1 Å². The molecule has 3 aromatic rings. The summed E-state index contributed by atoms with van der Waals surface area (Å²) in [5, 5.41) is 9.00. The third-order valence-electron chi connectivity index (χ3n) is 5.40. The molecule has 1 fully saturated rings. The first kappa shape index (κ1) is 20.2. The highest BCUT2D eigenvalue weighted by Gasteiger charge is 2.22. The molecule has 0 amide bonds. The molecule has 1 aliphatic carbocycles. The number of aliphatic carboxylic acids is 1. The Morgan fingerprint density at radius 2 is 1.80 bits per heavy atom. The molecule has 158 valence electrons. The van der Waals surface area contributed by atoms with Crippen LogP contribution in [0.3, 0.4) is 0 Å². The predicted molar refractivity (Wildman–Crippen MR) is 112 cm³/mol. The second-order valence-corrected chi connectivity index (χ2v) is 7.49. The Kier molecular flexibility index (Phi) is 6.49. The third kappa shape index (κ3) is 5.30. The van der Waals surface area contributed by atoms with E-state index in [1.54, 1.807) is 0 Å². The number of nitrogens with zero attached hydrogens (tertiary/aromatic N) is 2. The molecule has 0 aliphatic heterocycles. The van der Waals surface area contributed by atoms with Crippen LogP contribution in [0.1, 0.15) is 32.1 Å². The number of carboxylic acid groups (broad SMARTS) is 1. The molecule has 7 heteroatoms. The van der Waals surface area contributed by atoms with E-state index in [4.69, 9.17) is 19.0 Å². The fraction of sp³-hybridized carbons (Fsp3) is 0.391. The summed E-state index contributed by atoms with van der Waals surface area (Å²) in [5.74, 6) is 0.598. The summed E-state index contributed by atoms with van der Waals surface area (Å²) in [6.07, 6.45) is 5.09. The van der Waals surface area contributed by atoms with Crippen LogP contribution >= 0.6 is 0 Å². The lowest BCUT2D eigenvalue weighted by molar-refractivity contribution is -0.137. The summed E-state index contributed by atoms with van der Waals surface area (Å²) in [4.78, 5) is 17.5. The molecule has 1 aliphatic rings. The lowest BCUT2D eigenvalue weighted by Crippen LogP contribution is -2.38. The maximum atomic E-state index is 10.9. The zero-order valence-corrected chi connectivity index (χ0v) is 16.8. The maximum absolute atomic E-state index is 10.9. The minimum absolute atomic E-state index is 0.165. The molecule has 7 nitrogen and oxygen atoms in total. The minimum Gasteiger partial charge on any atom is -0.492 e. The number of rotatable bonds is 10. The standard InChI is InChI=1S/C23H26N2O5/c26-22(27)13-14-25(17-5-1-2-6-17)15-16-28-18-9-11-19(12-10-18)29-23-24-20-7-3-4-8-21(20)30-23/h3-4,7-12,17H,1-2,5-6,13-16H2,(H,26,27). The molecule has 0 bridgehead atoms. The lowest BCUT2D eigenvalue weighted by Gasteiger charge is -2.28. The van der Waals surface area contributed by atoms with Crippen molar-refractivity contribution in [1.82, 2.24) is 9.88 Å². The van der Waals surface area contributed by atoms with Gasteiger partial charge in [0.2, 0.25) is 0 Å². The number of carbonyl (C=O) groups is 1. The van der Waals surface area contributed by atoms with Gasteiger partial charge in [-0.1, -0.05) is 25.0 Å². The molecular formula is C23H26N2O5. The molecule has 0 radical (unpaired) electrons. The molecule has 1 aromatic heterocycles. The van der Waals surface area contributed by atoms with E-state index in [9.17, 15) is 4.79 Å². The lowest BCUT2D eigenvalue weighted by atomic mass is 10.2. The number of benzene rings is 2. The Bertz CT molecular complexity index is 930. The largest absolute Gasteiger partial charge is 0.492 e. The number of carboxylic acids is 1. The molecule has 0 unspecified atom stereocenters. The van der Waals surface area contributed by atoms with Crippen molar-refractivity contribution >= 4 is 17.1 Å². The van der Waals surface area contributed by atoms with E-state index in [1.807, 2.05) is 48.5 Å². The van der Waals surface area contributed by atoms with E-state index in [-0.39, 0.29) is 12.5 Å². The van der Waals surface area contributed by atoms with Gasteiger partial charge in [-0.25, -0.2) is 0 Å². The van der Waals surface area contributed by atoms with E-state index in [0.29, 0.717) is 30.5 Å². The monoisotopic (exact) mass is 410 g/mol. The summed E-state index contributed by atoms with van der Waals surface area (Å²) < 4.78 is 17.1. The number of fused-ring (bicyclic) bond motifs is 1. The molecule has 0 spiro atoms. The van der Waals surface area contributed by atoms with Gasteiger partial charge in [0.1, 0.15) is 23.6 Å². The van der Waals surface area contributed by atoms with Gasteiger partial charge in [0.15, 0.2) is 5.58 Å². The Morgan fingerprint density at radius 1 is 1.07 bits per heavy atom. The van der Waals surface area contributed by atoms with Gasteiger partial charge in [0.05, 0.1) is 6.42 Å². The zero-order chi connectivity index (χ0) is 20.8. The van der Waals surface area contributed by atoms with Gasteiger partial charge in [-0.2, -0.15) is 4.98 Å². The van der Waals surface area contributed by atoms with Crippen LogP contribution in [-0.4, -0.2) is 46.7 Å². The first-order valence-corrected chi connectivity index (χ1v) is 10.4. The summed E-state index contributed by atoms with van der Waals surface area (Å²) in [7, 11) is 0. The van der Waals surface area contributed by atoms with Crippen molar-refractivity contribution in [2.75, 3.05) is 19.7 Å². The van der Waals surface area contributed by atoms with Gasteiger partial charge in [-0.05, 0) is 49.2 Å². The third-order valence-corrected chi connectivity index (χ3v) is 5.40. The fourth-order valence-electron chi connectivity index (χ4n) is 3.87. The smallest absolute Gasteiger partial charge is 0.400 e. The van der Waals surface area contributed by atoms with Crippen LogP contribution in [0.4, 0.5) is 0 Å². The number of ether oxygens (including phenoxy) is 2. The molecule has 4 rings (SSSR count). The van der Waals surface area contributed by atoms with E-state index in [2.05, 4.69) is 9.88 Å². The number of para-hydroxylation sites is 2. The van der Waals surface area contributed by atoms with Crippen molar-refractivity contribution in [3.8, 4) is 17.6 Å². The van der Waals surface area contributed by atoms with Crippen molar-refractivity contribution in [3.05, 3.63) is 48.5 Å². The van der Waals surface area contributed by atoms with Gasteiger partial charge in [0.25, 0.3) is 0 Å². The van der Waals surface area contributed by atoms with E-state index < -0.39 is 5.97 Å². The Morgan fingerprint density at radius 3 is 2.53 bits per heavy atom. The van der Waals surface area contributed by atoms with Crippen molar-refractivity contribution in [2.45, 2.75) is 38.1 Å². The Hall–Kier alpha value is -3.06. The number of hydrogen-bond donors (Lipinski definition) is 1. The molecule has 30 heavy (non-hydrogen) atoms. The zero-order valence-electron chi connectivity index (χ0n) is 16.8. The normalized spacial score (nSPS) is 14.4. The first-order chi connectivity index (χ1) is 14.7. The van der Waals surface area contributed by atoms with Gasteiger partial charge in [-0.15, -0.1) is 0 Å². The average Bonchev–Trinajstić information content (AvgIpc) is 3.41. The van der Waals surface area contributed by atoms with Crippen LogP contribution in [0.2, 0.25) is 0 Å². The first-order valence-electron chi connectivity index (χ1n) is 10.4. The van der Waals surface area contributed by atoms with Crippen molar-refractivity contribution in [2.24, 2.45) is 0 Å². The number of oxazole rings is 1. The molecule has 0 atom stereocenters. The van der Waals surface area contributed by atoms with Crippen molar-refractivity contribution < 1.29 is 23.8 Å². The van der Waals surface area contributed by atoms with E-state index >= 15 is 0 Å². The van der Waals surface area contributed by atoms with Crippen LogP contribution in [0.5, 0.6) is 17.6 Å². The van der Waals surface area contributed by atoms with Crippen LogP contribution in [-0.2, 0) is 4.79 Å². The van der Waals surface area contributed by atoms with Gasteiger partial charge >= 0.3 is 12.0 Å². The summed E-state index contributed by atoms with van der Waals surface area (Å²) in [6, 6.07) is 15.3. The Labute approximate surface area is 175 Å². The minimum atomic E-state index is -0.756. The summed E-state index contributed by atoms with van der Waals surface area (Å²) >= 11 is 0. The molecular weight excluding hydrogens is 384 g/mol. The highest BCUT2D eigenvalue weighted by molar-refractivity contribution is 5.72. The van der Waals surface area contributed by atoms with Gasteiger partial charge in [-0.3, -0.25) is 9.69 Å². The van der Waals surface area contributed by atoms with Crippen LogP contribution in [0.25, 0.3) is 11.1 Å². The Balaban J connectivity index is 1.28. The van der Waals surface area contributed by atoms with Crippen LogP contribution < -0.4 is 9.47 Å². The summed E-state index contributed by atoms with van der Waals surface area (Å²) in [6.45, 7) is 1.81. The highest BCUT2D eigenvalue weighted by Crippen LogP contribution is 2.27. The van der Waals surface area contributed by atoms with E-state index in [0.717, 1.165) is 30.7 Å². The SMILES string of the molecule is O=C(O)CCN(CCOc1ccc(Oc2nc3ccccc3o2)cc1)C1CCCC1. The highest BCUT2D eigenvalue weighted by atomic mass is 16.6. The average molecular weight is 410 g/mol. The maximum Gasteiger partial charge on any atom is 0.400 e. The molecule has 1 saturated carbocycles. The second kappa shape index (κ2) is 9.63. The second-order valence-electron chi connectivity index (χ2n) is 7.49. The summed E-state index contributed by atoms with van der Waals surface area (Å²) in [5.41, 5.74) is 1.43. The van der Waals surface area contributed by atoms with E-state index in [1.165, 1.54) is 12.8 Å². The fourth-order valence-corrected chi connectivity index (χ4v) is 3.87. The van der Waals surface area contributed by atoms with Crippen LogP contribution in [0, 0.1) is 0 Å². The quantitative estimate of drug-likeness (QED) is 0.518. The topological polar surface area (TPSA) is 85.0 Å². The molecule has 1 N–H and O–H groups in total. The van der Waals surface area contributed by atoms with Gasteiger partial charge < -0.3 is 19.0 Å². The molecule has 1 heterocycles. The van der Waals surface area contributed by atoms with Crippen molar-refractivity contribution in [3.63, 3.8) is 0 Å². The number of aromatic nitrogens is 1. The van der Waals surface area contributed by atoms with Crippen LogP contribution in [0.15, 0.2) is 52.9 Å². The van der Waals surface area contributed by atoms with Crippen molar-refractivity contribution in [1.29, 1.82) is 0 Å². The predicted octanol–water partition coefficient (Wildman–Crippen LogP) is 4.72. The molecule has 2 aromatic carbocycles. The number of hydrogen-bond acceptors (Lipinski definition) is 6.